The van der Waals surface area contributed by atoms with Crippen LogP contribution in [-0.4, -0.2) is 23.6 Å². The molecule has 0 aliphatic carbocycles. The van der Waals surface area contributed by atoms with E-state index in [0.29, 0.717) is 6.54 Å². The number of nitrogens with zero attached hydrogens (tertiary/aromatic N) is 1. The summed E-state index contributed by atoms with van der Waals surface area (Å²) >= 11 is 5.90. The third-order valence-electron chi connectivity index (χ3n) is 3.99. The molecule has 0 unspecified atom stereocenters. The first kappa shape index (κ1) is 14.9. The maximum absolute atomic E-state index is 12.1. The monoisotopic (exact) mass is 315 g/mol. The summed E-state index contributed by atoms with van der Waals surface area (Å²) < 4.78 is 5.50. The smallest absolute Gasteiger partial charge is 0.410 e. The van der Waals surface area contributed by atoms with Crippen molar-refractivity contribution in [3.63, 3.8) is 0 Å². The minimum Gasteiger partial charge on any atom is -0.439 e. The molecule has 1 heterocycles. The topological polar surface area (TPSA) is 29.5 Å². The zero-order chi connectivity index (χ0) is 15.5. The van der Waals surface area contributed by atoms with E-state index in [1.807, 2.05) is 61.5 Å². The first-order valence-electron chi connectivity index (χ1n) is 7.40. The minimum atomic E-state index is -0.240. The molecule has 1 aliphatic rings. The zero-order valence-electron chi connectivity index (χ0n) is 12.4. The van der Waals surface area contributed by atoms with Crippen LogP contribution >= 0.6 is 11.6 Å². The Labute approximate surface area is 135 Å². The number of carbonyl (C=O) groups is 1. The molecule has 1 saturated heterocycles. The van der Waals surface area contributed by atoms with Gasteiger partial charge in [-0.3, -0.25) is 0 Å². The Bertz CT molecular complexity index is 642. The van der Waals surface area contributed by atoms with Gasteiger partial charge in [-0.2, -0.15) is 0 Å². The van der Waals surface area contributed by atoms with Gasteiger partial charge in [-0.1, -0.05) is 54.1 Å². The summed E-state index contributed by atoms with van der Waals surface area (Å²) in [5, 5.41) is 0.723. The summed E-state index contributed by atoms with van der Waals surface area (Å²) in [5.74, 6) is 0. The Morgan fingerprint density at radius 3 is 2.55 bits per heavy atom. The number of ether oxygens (including phenoxy) is 1. The van der Waals surface area contributed by atoms with Crippen molar-refractivity contribution in [1.29, 1.82) is 0 Å². The van der Waals surface area contributed by atoms with Crippen molar-refractivity contribution in [2.45, 2.75) is 25.5 Å². The second-order valence-electron chi connectivity index (χ2n) is 5.62. The predicted molar refractivity (Wildman–Crippen MR) is 87.0 cm³/mol. The zero-order valence-corrected chi connectivity index (χ0v) is 13.2. The van der Waals surface area contributed by atoms with E-state index >= 15 is 0 Å². The standard InChI is InChI=1S/C18H18ClNO2/c1-13(11-14-7-9-16(19)10-8-14)20-12-17(22-18(20)21)15-5-3-2-4-6-15/h2-10,13,17H,11-12H2,1H3/t13-,17+/m1/s1. The molecule has 1 aliphatic heterocycles. The van der Waals surface area contributed by atoms with Gasteiger partial charge >= 0.3 is 6.09 Å². The molecule has 2 atom stereocenters. The fourth-order valence-electron chi connectivity index (χ4n) is 2.75. The highest BCUT2D eigenvalue weighted by Crippen LogP contribution is 2.28. The van der Waals surface area contributed by atoms with Crippen molar-refractivity contribution in [2.75, 3.05) is 6.54 Å². The molecule has 0 N–H and O–H groups in total. The van der Waals surface area contributed by atoms with Gasteiger partial charge < -0.3 is 9.64 Å². The number of hydrogen-bond acceptors (Lipinski definition) is 2. The minimum absolute atomic E-state index is 0.0855. The largest absolute Gasteiger partial charge is 0.439 e. The molecule has 0 radical (unpaired) electrons. The Kier molecular flexibility index (Phi) is 4.34. The van der Waals surface area contributed by atoms with Gasteiger partial charge in [0, 0.05) is 11.1 Å². The average molecular weight is 316 g/mol. The summed E-state index contributed by atoms with van der Waals surface area (Å²) in [4.78, 5) is 13.9. The summed E-state index contributed by atoms with van der Waals surface area (Å²) in [5.41, 5.74) is 2.20. The van der Waals surface area contributed by atoms with Crippen LogP contribution in [-0.2, 0) is 11.2 Å². The van der Waals surface area contributed by atoms with Gasteiger partial charge in [-0.15, -0.1) is 0 Å². The average Bonchev–Trinajstić information content (AvgIpc) is 2.92. The first-order valence-corrected chi connectivity index (χ1v) is 7.78. The highest BCUT2D eigenvalue weighted by Gasteiger charge is 2.35. The number of halogens is 1. The van der Waals surface area contributed by atoms with E-state index in [9.17, 15) is 4.79 Å². The number of cyclic esters (lactones) is 1. The van der Waals surface area contributed by atoms with Gasteiger partial charge in [-0.05, 0) is 36.6 Å². The van der Waals surface area contributed by atoms with Crippen molar-refractivity contribution in [1.82, 2.24) is 4.90 Å². The van der Waals surface area contributed by atoms with E-state index in [0.717, 1.165) is 22.6 Å². The van der Waals surface area contributed by atoms with Crippen molar-refractivity contribution in [3.8, 4) is 0 Å². The van der Waals surface area contributed by atoms with Crippen molar-refractivity contribution >= 4 is 17.7 Å². The molecule has 0 aromatic heterocycles. The van der Waals surface area contributed by atoms with E-state index < -0.39 is 0 Å². The molecule has 1 amide bonds. The number of benzene rings is 2. The van der Waals surface area contributed by atoms with Crippen molar-refractivity contribution in [3.05, 3.63) is 70.7 Å². The molecule has 4 heteroatoms. The van der Waals surface area contributed by atoms with Crippen LogP contribution in [0.15, 0.2) is 54.6 Å². The van der Waals surface area contributed by atoms with Gasteiger partial charge in [0.2, 0.25) is 0 Å². The maximum Gasteiger partial charge on any atom is 0.410 e. The molecule has 2 aromatic carbocycles. The van der Waals surface area contributed by atoms with Gasteiger partial charge in [-0.25, -0.2) is 4.79 Å². The lowest BCUT2D eigenvalue weighted by atomic mass is 10.1. The Morgan fingerprint density at radius 2 is 1.86 bits per heavy atom. The van der Waals surface area contributed by atoms with Crippen LogP contribution < -0.4 is 0 Å². The Hall–Kier alpha value is -2.00. The SMILES string of the molecule is C[C@H](Cc1ccc(Cl)cc1)N1C[C@@H](c2ccccc2)OC1=O. The quantitative estimate of drug-likeness (QED) is 0.833. The van der Waals surface area contributed by atoms with Gasteiger partial charge in [0.1, 0.15) is 6.10 Å². The highest BCUT2D eigenvalue weighted by molar-refractivity contribution is 6.30. The summed E-state index contributed by atoms with van der Waals surface area (Å²) in [7, 11) is 0. The highest BCUT2D eigenvalue weighted by atomic mass is 35.5. The second kappa shape index (κ2) is 6.41. The summed E-state index contributed by atoms with van der Waals surface area (Å²) in [6, 6.07) is 17.7. The number of rotatable bonds is 4. The molecule has 1 fully saturated rings. The molecule has 0 spiro atoms. The van der Waals surface area contributed by atoms with Crippen LogP contribution in [0.3, 0.4) is 0 Å². The second-order valence-corrected chi connectivity index (χ2v) is 6.05. The van der Waals surface area contributed by atoms with Crippen molar-refractivity contribution in [2.24, 2.45) is 0 Å². The van der Waals surface area contributed by atoms with Crippen molar-refractivity contribution < 1.29 is 9.53 Å². The first-order chi connectivity index (χ1) is 10.6. The number of amides is 1. The lowest BCUT2D eigenvalue weighted by Gasteiger charge is -2.22. The lowest BCUT2D eigenvalue weighted by Crippen LogP contribution is -2.35. The molecule has 2 aromatic rings. The molecule has 22 heavy (non-hydrogen) atoms. The lowest BCUT2D eigenvalue weighted by molar-refractivity contribution is 0.129. The van der Waals surface area contributed by atoms with Crippen LogP contribution in [0.25, 0.3) is 0 Å². The third kappa shape index (κ3) is 3.25. The molecular formula is C18H18ClNO2. The van der Waals surface area contributed by atoms with E-state index in [-0.39, 0.29) is 18.2 Å². The summed E-state index contributed by atoms with van der Waals surface area (Å²) in [6.07, 6.45) is 0.366. The fraction of sp³-hybridized carbons (Fsp3) is 0.278. The fourth-order valence-corrected chi connectivity index (χ4v) is 2.88. The van der Waals surface area contributed by atoms with E-state index in [1.165, 1.54) is 0 Å². The molecule has 114 valence electrons. The van der Waals surface area contributed by atoms with E-state index in [1.54, 1.807) is 4.90 Å². The maximum atomic E-state index is 12.1. The van der Waals surface area contributed by atoms with Crippen LogP contribution in [0, 0.1) is 0 Å². The van der Waals surface area contributed by atoms with E-state index in [4.69, 9.17) is 16.3 Å². The van der Waals surface area contributed by atoms with E-state index in [2.05, 4.69) is 0 Å². The molecule has 3 rings (SSSR count). The number of hydrogen-bond donors (Lipinski definition) is 0. The molecule has 0 bridgehead atoms. The Balaban J connectivity index is 1.67. The Morgan fingerprint density at radius 1 is 1.18 bits per heavy atom. The normalized spacial score (nSPS) is 19.1. The van der Waals surface area contributed by atoms with Crippen LogP contribution in [0.2, 0.25) is 5.02 Å². The predicted octanol–water partition coefficient (Wildman–Crippen LogP) is 4.46. The molecule has 0 saturated carbocycles. The third-order valence-corrected chi connectivity index (χ3v) is 4.24. The van der Waals surface area contributed by atoms with Gasteiger partial charge in [0.05, 0.1) is 6.54 Å². The molecule has 3 nitrogen and oxygen atoms in total. The number of carbonyl (C=O) groups excluding carboxylic acids is 1. The van der Waals surface area contributed by atoms with Gasteiger partial charge in [0.15, 0.2) is 0 Å². The molecular weight excluding hydrogens is 298 g/mol. The van der Waals surface area contributed by atoms with Crippen LogP contribution in [0.1, 0.15) is 24.2 Å². The van der Waals surface area contributed by atoms with Crippen LogP contribution in [0.4, 0.5) is 4.79 Å². The van der Waals surface area contributed by atoms with Crippen LogP contribution in [0.5, 0.6) is 0 Å². The summed E-state index contributed by atoms with van der Waals surface area (Å²) in [6.45, 7) is 2.64. The van der Waals surface area contributed by atoms with Gasteiger partial charge in [0.25, 0.3) is 0 Å².